The van der Waals surface area contributed by atoms with Crippen molar-refractivity contribution < 1.29 is 38.0 Å². The monoisotopic (exact) mass is 406 g/mol. The maximum atomic E-state index is 12.7. The molecule has 6 atom stereocenters. The second-order valence-corrected chi connectivity index (χ2v) is 8.56. The molecule has 4 unspecified atom stereocenters. The van der Waals surface area contributed by atoms with Crippen LogP contribution in [0.25, 0.3) is 0 Å². The molecule has 4 rings (SSSR count). The summed E-state index contributed by atoms with van der Waals surface area (Å²) in [6.07, 6.45) is -3.82. The highest BCUT2D eigenvalue weighted by Crippen LogP contribution is 2.45. The van der Waals surface area contributed by atoms with Crippen LogP contribution in [-0.4, -0.2) is 55.9 Å². The third kappa shape index (κ3) is 3.66. The highest BCUT2D eigenvalue weighted by Gasteiger charge is 2.65. The predicted molar refractivity (Wildman–Crippen MR) is 98.5 cm³/mol. The molecule has 0 N–H and O–H groups in total. The standard InChI is InChI=1S/C21H26O8/c1-20(2,3)19(23)28-16-15-13(29-21(24-4)10-14(22)26-17(16)21)11-25-18(27-15)12-8-6-5-7-9-12/h5-9,13,15-18H,10-11H2,1-4H3/t13?,15-,16?,17?,18?,21-/m1/s1. The first-order valence-electron chi connectivity index (χ1n) is 9.69. The van der Waals surface area contributed by atoms with E-state index >= 15 is 0 Å². The van der Waals surface area contributed by atoms with Gasteiger partial charge < -0.3 is 28.4 Å². The van der Waals surface area contributed by atoms with E-state index in [0.717, 1.165) is 5.56 Å². The fraction of sp³-hybridized carbons (Fsp3) is 0.619. The van der Waals surface area contributed by atoms with Crippen molar-refractivity contribution in [1.82, 2.24) is 0 Å². The summed E-state index contributed by atoms with van der Waals surface area (Å²) in [6.45, 7) is 5.47. The minimum absolute atomic E-state index is 0.0942. The molecule has 3 aliphatic heterocycles. The molecule has 0 saturated carbocycles. The van der Waals surface area contributed by atoms with Crippen LogP contribution < -0.4 is 0 Å². The summed E-state index contributed by atoms with van der Waals surface area (Å²) in [6, 6.07) is 9.45. The minimum Gasteiger partial charge on any atom is -0.455 e. The molecule has 29 heavy (non-hydrogen) atoms. The summed E-state index contributed by atoms with van der Waals surface area (Å²) >= 11 is 0. The van der Waals surface area contributed by atoms with E-state index in [2.05, 4.69) is 0 Å². The molecular weight excluding hydrogens is 380 g/mol. The Kier molecular flexibility index (Phi) is 5.14. The number of rotatable bonds is 3. The minimum atomic E-state index is -1.34. The van der Waals surface area contributed by atoms with E-state index in [4.69, 9.17) is 28.4 Å². The molecule has 3 saturated heterocycles. The summed E-state index contributed by atoms with van der Waals surface area (Å²) in [5, 5.41) is 0. The molecule has 0 radical (unpaired) electrons. The maximum absolute atomic E-state index is 12.7. The van der Waals surface area contributed by atoms with E-state index in [0.29, 0.717) is 0 Å². The van der Waals surface area contributed by atoms with Crippen molar-refractivity contribution in [3.63, 3.8) is 0 Å². The molecule has 0 aliphatic carbocycles. The third-order valence-electron chi connectivity index (χ3n) is 5.39. The van der Waals surface area contributed by atoms with E-state index in [1.165, 1.54) is 7.11 Å². The van der Waals surface area contributed by atoms with Crippen molar-refractivity contribution in [2.45, 2.75) is 63.7 Å². The maximum Gasteiger partial charge on any atom is 0.312 e. The third-order valence-corrected chi connectivity index (χ3v) is 5.39. The van der Waals surface area contributed by atoms with Gasteiger partial charge in [0.25, 0.3) is 0 Å². The Labute approximate surface area is 169 Å². The lowest BCUT2D eigenvalue weighted by molar-refractivity contribution is -0.385. The number of fused-ring (bicyclic) bond motifs is 2. The van der Waals surface area contributed by atoms with Crippen molar-refractivity contribution in [2.75, 3.05) is 13.7 Å². The average Bonchev–Trinajstić information content (AvgIpc) is 3.03. The molecule has 3 fully saturated rings. The van der Waals surface area contributed by atoms with Crippen LogP contribution in [0.1, 0.15) is 39.0 Å². The molecule has 0 aromatic heterocycles. The van der Waals surface area contributed by atoms with Crippen molar-refractivity contribution in [3.8, 4) is 0 Å². The van der Waals surface area contributed by atoms with Gasteiger partial charge in [-0.2, -0.15) is 0 Å². The van der Waals surface area contributed by atoms with E-state index in [1.54, 1.807) is 20.8 Å². The fourth-order valence-electron chi connectivity index (χ4n) is 3.82. The largest absolute Gasteiger partial charge is 0.455 e. The van der Waals surface area contributed by atoms with Crippen LogP contribution in [0, 0.1) is 5.41 Å². The molecule has 8 nitrogen and oxygen atoms in total. The lowest BCUT2D eigenvalue weighted by Crippen LogP contribution is -2.67. The van der Waals surface area contributed by atoms with Gasteiger partial charge in [0, 0.05) is 12.7 Å². The average molecular weight is 406 g/mol. The normalized spacial score (nSPS) is 36.7. The van der Waals surface area contributed by atoms with Gasteiger partial charge in [-0.05, 0) is 20.8 Å². The van der Waals surface area contributed by atoms with Gasteiger partial charge >= 0.3 is 11.9 Å². The number of esters is 2. The van der Waals surface area contributed by atoms with Crippen LogP contribution in [0.2, 0.25) is 0 Å². The number of hydrogen-bond acceptors (Lipinski definition) is 8. The molecule has 1 aromatic carbocycles. The molecule has 3 heterocycles. The molecule has 0 bridgehead atoms. The number of carbonyl (C=O) groups is 2. The zero-order valence-electron chi connectivity index (χ0n) is 17.0. The van der Waals surface area contributed by atoms with Gasteiger partial charge in [0.05, 0.1) is 12.0 Å². The first kappa shape index (κ1) is 20.3. The zero-order chi connectivity index (χ0) is 20.8. The summed E-state index contributed by atoms with van der Waals surface area (Å²) in [5.74, 6) is -2.25. The van der Waals surface area contributed by atoms with Crippen LogP contribution in [0.5, 0.6) is 0 Å². The second kappa shape index (κ2) is 7.36. The molecule has 8 heteroatoms. The van der Waals surface area contributed by atoms with Crippen molar-refractivity contribution in [3.05, 3.63) is 35.9 Å². The van der Waals surface area contributed by atoms with Gasteiger partial charge in [0.1, 0.15) is 18.6 Å². The van der Waals surface area contributed by atoms with E-state index < -0.39 is 53.8 Å². The number of methoxy groups -OCH3 is 1. The van der Waals surface area contributed by atoms with Gasteiger partial charge in [0.2, 0.25) is 5.79 Å². The highest BCUT2D eigenvalue weighted by molar-refractivity contribution is 5.76. The van der Waals surface area contributed by atoms with Gasteiger partial charge in [-0.1, -0.05) is 30.3 Å². The smallest absolute Gasteiger partial charge is 0.312 e. The van der Waals surface area contributed by atoms with E-state index in [-0.39, 0.29) is 13.0 Å². The Morgan fingerprint density at radius 3 is 2.59 bits per heavy atom. The van der Waals surface area contributed by atoms with E-state index in [1.807, 2.05) is 30.3 Å². The fourth-order valence-corrected chi connectivity index (χ4v) is 3.82. The molecule has 158 valence electrons. The van der Waals surface area contributed by atoms with Crippen LogP contribution in [0.3, 0.4) is 0 Å². The zero-order valence-corrected chi connectivity index (χ0v) is 17.0. The number of ether oxygens (including phenoxy) is 6. The quantitative estimate of drug-likeness (QED) is 0.705. The lowest BCUT2D eigenvalue weighted by Gasteiger charge is -2.50. The lowest BCUT2D eigenvalue weighted by atomic mass is 9.90. The number of hydrogen-bond donors (Lipinski definition) is 0. The Balaban J connectivity index is 1.65. The Morgan fingerprint density at radius 2 is 1.93 bits per heavy atom. The summed E-state index contributed by atoms with van der Waals surface area (Å²) in [5.41, 5.74) is 0.0923. The van der Waals surface area contributed by atoms with Crippen molar-refractivity contribution >= 4 is 11.9 Å². The van der Waals surface area contributed by atoms with Crippen LogP contribution in [0.15, 0.2) is 30.3 Å². The van der Waals surface area contributed by atoms with Gasteiger partial charge in [-0.25, -0.2) is 0 Å². The van der Waals surface area contributed by atoms with Crippen molar-refractivity contribution in [2.24, 2.45) is 5.41 Å². The summed E-state index contributed by atoms with van der Waals surface area (Å²) < 4.78 is 35.0. The van der Waals surface area contributed by atoms with Gasteiger partial charge in [-0.3, -0.25) is 9.59 Å². The van der Waals surface area contributed by atoms with Crippen molar-refractivity contribution in [1.29, 1.82) is 0 Å². The Morgan fingerprint density at radius 1 is 1.21 bits per heavy atom. The van der Waals surface area contributed by atoms with Gasteiger partial charge in [0.15, 0.2) is 18.5 Å². The molecule has 3 aliphatic rings. The van der Waals surface area contributed by atoms with Crippen LogP contribution >= 0.6 is 0 Å². The summed E-state index contributed by atoms with van der Waals surface area (Å²) in [4.78, 5) is 24.8. The summed E-state index contributed by atoms with van der Waals surface area (Å²) in [7, 11) is 1.44. The molecule has 1 aromatic rings. The molecular formula is C21H26O8. The number of carbonyl (C=O) groups excluding carboxylic acids is 2. The first-order chi connectivity index (χ1) is 13.7. The number of benzene rings is 1. The Bertz CT molecular complexity index is 773. The predicted octanol–water partition coefficient (Wildman–Crippen LogP) is 2.12. The molecule has 0 spiro atoms. The topological polar surface area (TPSA) is 89.5 Å². The SMILES string of the molecule is CO[C@@]12CC(=O)OC1C(OC(=O)C(C)(C)C)[C@@H]1OC(c3ccccc3)OCC1O2. The second-order valence-electron chi connectivity index (χ2n) is 8.56. The van der Waals surface area contributed by atoms with Crippen LogP contribution in [-0.2, 0) is 38.0 Å². The first-order valence-corrected chi connectivity index (χ1v) is 9.69. The van der Waals surface area contributed by atoms with Crippen LogP contribution in [0.4, 0.5) is 0 Å². The molecule has 0 amide bonds. The highest BCUT2D eigenvalue weighted by atomic mass is 16.8. The van der Waals surface area contributed by atoms with Gasteiger partial charge in [-0.15, -0.1) is 0 Å². The Hall–Kier alpha value is -2.00. The van der Waals surface area contributed by atoms with E-state index in [9.17, 15) is 9.59 Å².